The van der Waals surface area contributed by atoms with Crippen molar-refractivity contribution in [2.24, 2.45) is 5.92 Å². The highest BCUT2D eigenvalue weighted by Gasteiger charge is 2.52. The van der Waals surface area contributed by atoms with Crippen molar-refractivity contribution >= 4 is 24.6 Å². The fourth-order valence-corrected chi connectivity index (χ4v) is 5.01. The fraction of sp³-hybridized carbons (Fsp3) is 0.615. The van der Waals surface area contributed by atoms with E-state index in [2.05, 4.69) is 15.0 Å². The number of fused-ring (bicyclic) bond motifs is 1. The first-order valence-corrected chi connectivity index (χ1v) is 9.00. The highest BCUT2D eigenvalue weighted by molar-refractivity contribution is 7.55. The predicted octanol–water partition coefficient (Wildman–Crippen LogP) is 2.06. The summed E-state index contributed by atoms with van der Waals surface area (Å²) in [4.78, 5) is 12.4. The average molecular weight is 325 g/mol. The van der Waals surface area contributed by atoms with Crippen LogP contribution in [0.25, 0.3) is 11.2 Å². The number of aromatic nitrogens is 4. The summed E-state index contributed by atoms with van der Waals surface area (Å²) in [7, 11) is -3.02. The SMILES string of the molecule is CCOP(=O)(OCC)[C@H]1C[C@@H]1Cn1cnc2c(N)ncnc21. The molecular formula is C13H20N5O3P. The summed E-state index contributed by atoms with van der Waals surface area (Å²) in [5, 5.41) is 0. The zero-order valence-electron chi connectivity index (χ0n) is 12.7. The summed E-state index contributed by atoms with van der Waals surface area (Å²) in [5.41, 5.74) is 7.02. The maximum absolute atomic E-state index is 12.7. The van der Waals surface area contributed by atoms with Crippen LogP contribution in [-0.4, -0.2) is 38.4 Å². The highest BCUT2D eigenvalue weighted by atomic mass is 31.2. The predicted molar refractivity (Wildman–Crippen MR) is 82.5 cm³/mol. The zero-order valence-corrected chi connectivity index (χ0v) is 13.6. The van der Waals surface area contributed by atoms with Crippen LogP contribution in [0, 0.1) is 5.92 Å². The molecule has 1 aliphatic carbocycles. The van der Waals surface area contributed by atoms with Gasteiger partial charge in [-0.2, -0.15) is 0 Å². The molecule has 0 radical (unpaired) electrons. The molecule has 0 aliphatic heterocycles. The Bertz CT molecular complexity index is 709. The van der Waals surface area contributed by atoms with Crippen molar-refractivity contribution in [3.8, 4) is 0 Å². The van der Waals surface area contributed by atoms with E-state index < -0.39 is 7.60 Å². The van der Waals surface area contributed by atoms with Gasteiger partial charge in [0.1, 0.15) is 11.8 Å². The largest absolute Gasteiger partial charge is 0.382 e. The van der Waals surface area contributed by atoms with Crippen molar-refractivity contribution in [2.45, 2.75) is 32.5 Å². The number of rotatable bonds is 7. The first-order chi connectivity index (χ1) is 10.6. The molecule has 0 unspecified atom stereocenters. The number of hydrogen-bond donors (Lipinski definition) is 1. The van der Waals surface area contributed by atoms with Crippen LogP contribution < -0.4 is 5.73 Å². The van der Waals surface area contributed by atoms with E-state index in [9.17, 15) is 4.57 Å². The summed E-state index contributed by atoms with van der Waals surface area (Å²) in [6, 6.07) is 0. The van der Waals surface area contributed by atoms with Gasteiger partial charge in [0, 0.05) is 6.54 Å². The molecule has 0 amide bonds. The second-order valence-electron chi connectivity index (χ2n) is 5.27. The minimum Gasteiger partial charge on any atom is -0.382 e. The Morgan fingerprint density at radius 2 is 2.05 bits per heavy atom. The Morgan fingerprint density at radius 3 is 2.73 bits per heavy atom. The summed E-state index contributed by atoms with van der Waals surface area (Å²) < 4.78 is 25.5. The highest BCUT2D eigenvalue weighted by Crippen LogP contribution is 2.65. The molecule has 8 nitrogen and oxygen atoms in total. The summed E-state index contributed by atoms with van der Waals surface area (Å²) in [6.45, 7) is 5.09. The van der Waals surface area contributed by atoms with Crippen LogP contribution in [0.4, 0.5) is 5.82 Å². The third-order valence-electron chi connectivity index (χ3n) is 3.77. The molecular weight excluding hydrogens is 305 g/mol. The van der Waals surface area contributed by atoms with Gasteiger partial charge in [-0.15, -0.1) is 0 Å². The maximum Gasteiger partial charge on any atom is 0.334 e. The van der Waals surface area contributed by atoms with E-state index in [0.29, 0.717) is 36.7 Å². The van der Waals surface area contributed by atoms with Crippen molar-refractivity contribution in [2.75, 3.05) is 18.9 Å². The molecule has 0 spiro atoms. The summed E-state index contributed by atoms with van der Waals surface area (Å²) in [5.74, 6) is 0.600. The molecule has 1 fully saturated rings. The fourth-order valence-electron chi connectivity index (χ4n) is 2.69. The van der Waals surface area contributed by atoms with E-state index in [0.717, 1.165) is 6.42 Å². The van der Waals surface area contributed by atoms with Gasteiger partial charge >= 0.3 is 7.60 Å². The van der Waals surface area contributed by atoms with Gasteiger partial charge in [0.2, 0.25) is 0 Å². The van der Waals surface area contributed by atoms with Gasteiger partial charge < -0.3 is 19.3 Å². The van der Waals surface area contributed by atoms with E-state index >= 15 is 0 Å². The maximum atomic E-state index is 12.7. The summed E-state index contributed by atoms with van der Waals surface area (Å²) >= 11 is 0. The molecule has 1 saturated carbocycles. The van der Waals surface area contributed by atoms with Crippen LogP contribution >= 0.6 is 7.60 Å². The molecule has 3 rings (SSSR count). The molecule has 120 valence electrons. The van der Waals surface area contributed by atoms with Gasteiger partial charge in [-0.25, -0.2) is 15.0 Å². The molecule has 2 aromatic heterocycles. The smallest absolute Gasteiger partial charge is 0.334 e. The molecule has 0 bridgehead atoms. The lowest BCUT2D eigenvalue weighted by Gasteiger charge is -2.17. The van der Waals surface area contributed by atoms with E-state index in [1.54, 1.807) is 6.33 Å². The van der Waals surface area contributed by atoms with E-state index in [1.165, 1.54) is 6.33 Å². The van der Waals surface area contributed by atoms with Crippen LogP contribution in [0.1, 0.15) is 20.3 Å². The minimum atomic E-state index is -3.02. The number of hydrogen-bond acceptors (Lipinski definition) is 7. The third kappa shape index (κ3) is 2.74. The van der Waals surface area contributed by atoms with E-state index in [4.69, 9.17) is 14.8 Å². The first-order valence-electron chi connectivity index (χ1n) is 7.39. The molecule has 9 heteroatoms. The van der Waals surface area contributed by atoms with Crippen LogP contribution in [-0.2, 0) is 20.2 Å². The van der Waals surface area contributed by atoms with Crippen molar-refractivity contribution < 1.29 is 13.6 Å². The lowest BCUT2D eigenvalue weighted by atomic mass is 10.4. The Labute approximate surface area is 128 Å². The monoisotopic (exact) mass is 325 g/mol. The standard InChI is InChI=1S/C13H20N5O3P/c1-3-20-22(19,21-4-2)10-5-9(10)6-18-8-17-11-12(14)15-7-16-13(11)18/h7-10H,3-6H2,1-2H3,(H2,14,15,16)/t9-,10+/m1/s1. The van der Waals surface area contributed by atoms with Gasteiger partial charge in [0.15, 0.2) is 11.5 Å². The second kappa shape index (κ2) is 5.95. The van der Waals surface area contributed by atoms with Crippen molar-refractivity contribution in [3.63, 3.8) is 0 Å². The molecule has 2 aromatic rings. The second-order valence-corrected chi connectivity index (χ2v) is 7.53. The Morgan fingerprint density at radius 1 is 1.32 bits per heavy atom. The van der Waals surface area contributed by atoms with Gasteiger partial charge in [0.05, 0.1) is 25.2 Å². The number of anilines is 1. The molecule has 0 aromatic carbocycles. The quantitative estimate of drug-likeness (QED) is 0.777. The molecule has 22 heavy (non-hydrogen) atoms. The van der Waals surface area contributed by atoms with Gasteiger partial charge in [-0.3, -0.25) is 4.57 Å². The van der Waals surface area contributed by atoms with Crippen molar-refractivity contribution in [1.82, 2.24) is 19.5 Å². The number of nitrogen functional groups attached to an aromatic ring is 1. The Kier molecular flexibility index (Phi) is 4.16. The molecule has 2 heterocycles. The van der Waals surface area contributed by atoms with E-state index in [-0.39, 0.29) is 11.6 Å². The normalized spacial score (nSPS) is 21.4. The Hall–Kier alpha value is -1.50. The van der Waals surface area contributed by atoms with E-state index in [1.807, 2.05) is 18.4 Å². The lowest BCUT2D eigenvalue weighted by molar-refractivity contribution is 0.217. The van der Waals surface area contributed by atoms with Crippen LogP contribution in [0.2, 0.25) is 0 Å². The van der Waals surface area contributed by atoms with Gasteiger partial charge in [-0.05, 0) is 26.2 Å². The number of imidazole rings is 1. The van der Waals surface area contributed by atoms with Crippen LogP contribution in [0.5, 0.6) is 0 Å². The molecule has 0 saturated heterocycles. The minimum absolute atomic E-state index is 0.0518. The lowest BCUT2D eigenvalue weighted by Crippen LogP contribution is -2.06. The topological polar surface area (TPSA) is 105 Å². The molecule has 2 N–H and O–H groups in total. The van der Waals surface area contributed by atoms with Gasteiger partial charge in [-0.1, -0.05) is 0 Å². The molecule has 1 aliphatic rings. The number of nitrogens with two attached hydrogens (primary N) is 1. The van der Waals surface area contributed by atoms with Crippen molar-refractivity contribution in [1.29, 1.82) is 0 Å². The molecule has 2 atom stereocenters. The van der Waals surface area contributed by atoms with Crippen LogP contribution in [0.15, 0.2) is 12.7 Å². The summed E-state index contributed by atoms with van der Waals surface area (Å²) in [6.07, 6.45) is 3.93. The zero-order chi connectivity index (χ0) is 15.7. The van der Waals surface area contributed by atoms with Crippen LogP contribution in [0.3, 0.4) is 0 Å². The first kappa shape index (κ1) is 15.4. The van der Waals surface area contributed by atoms with Crippen molar-refractivity contribution in [3.05, 3.63) is 12.7 Å². The average Bonchev–Trinajstić information content (AvgIpc) is 3.14. The Balaban J connectivity index is 1.75. The van der Waals surface area contributed by atoms with Gasteiger partial charge in [0.25, 0.3) is 0 Å². The third-order valence-corrected chi connectivity index (χ3v) is 6.45. The number of nitrogens with zero attached hydrogens (tertiary/aromatic N) is 4.